The standard InChI is InChI=1S/C30H20N2O/c1-18-20-8-6-9-21(18)29-27(15-13-23-22-7-2-3-11-28(22)33-30(23)29)32-26-14-12-19(17-24(20)26)25-10-4-5-16-31-25/h2-17,32H,1H3. The molecule has 0 saturated carbocycles. The lowest BCUT2D eigenvalue weighted by atomic mass is 9.88. The molecule has 0 saturated heterocycles. The molecule has 0 atom stereocenters. The van der Waals surface area contributed by atoms with Gasteiger partial charge in [-0.25, -0.2) is 0 Å². The molecule has 2 bridgehead atoms. The molecule has 0 fully saturated rings. The van der Waals surface area contributed by atoms with Crippen molar-refractivity contribution in [1.82, 2.24) is 4.98 Å². The Balaban J connectivity index is 1.53. The predicted molar refractivity (Wildman–Crippen MR) is 136 cm³/mol. The van der Waals surface area contributed by atoms with Crippen molar-refractivity contribution in [3.8, 4) is 33.5 Å². The third kappa shape index (κ3) is 2.66. The number of rotatable bonds is 1. The van der Waals surface area contributed by atoms with Gasteiger partial charge in [-0.15, -0.1) is 0 Å². The van der Waals surface area contributed by atoms with Crippen molar-refractivity contribution in [2.75, 3.05) is 5.32 Å². The van der Waals surface area contributed by atoms with Crippen LogP contribution in [-0.4, -0.2) is 4.98 Å². The van der Waals surface area contributed by atoms with E-state index >= 15 is 0 Å². The number of para-hydroxylation sites is 1. The number of fused-ring (bicyclic) bond motifs is 10. The Labute approximate surface area is 191 Å². The Kier molecular flexibility index (Phi) is 3.76. The van der Waals surface area contributed by atoms with Gasteiger partial charge in [-0.05, 0) is 66.1 Å². The highest BCUT2D eigenvalue weighted by Crippen LogP contribution is 2.47. The topological polar surface area (TPSA) is 38.1 Å². The fourth-order valence-electron chi connectivity index (χ4n) is 5.07. The van der Waals surface area contributed by atoms with E-state index in [4.69, 9.17) is 4.42 Å². The maximum absolute atomic E-state index is 6.42. The first-order valence-corrected chi connectivity index (χ1v) is 11.1. The van der Waals surface area contributed by atoms with E-state index in [-0.39, 0.29) is 0 Å². The molecule has 3 heterocycles. The summed E-state index contributed by atoms with van der Waals surface area (Å²) in [6, 6.07) is 31.7. The van der Waals surface area contributed by atoms with Crippen LogP contribution in [0.1, 0.15) is 5.56 Å². The van der Waals surface area contributed by atoms with E-state index in [1.165, 1.54) is 22.3 Å². The number of anilines is 2. The number of pyridine rings is 1. The first kappa shape index (κ1) is 18.2. The molecule has 33 heavy (non-hydrogen) atoms. The average Bonchev–Trinajstić information content (AvgIpc) is 3.24. The maximum atomic E-state index is 6.42. The molecule has 1 N–H and O–H groups in total. The number of aromatic nitrogens is 1. The van der Waals surface area contributed by atoms with Crippen LogP contribution >= 0.6 is 0 Å². The molecular weight excluding hydrogens is 404 g/mol. The Morgan fingerprint density at radius 3 is 2.45 bits per heavy atom. The van der Waals surface area contributed by atoms with Gasteiger partial charge < -0.3 is 9.73 Å². The first-order valence-electron chi connectivity index (χ1n) is 11.1. The Morgan fingerprint density at radius 1 is 0.697 bits per heavy atom. The molecule has 0 radical (unpaired) electrons. The molecule has 1 aliphatic heterocycles. The number of nitrogens with one attached hydrogen (secondary N) is 1. The van der Waals surface area contributed by atoms with Crippen LogP contribution in [0.2, 0.25) is 0 Å². The van der Waals surface area contributed by atoms with E-state index in [0.29, 0.717) is 0 Å². The van der Waals surface area contributed by atoms with Gasteiger partial charge in [-0.2, -0.15) is 0 Å². The predicted octanol–water partition coefficient (Wildman–Crippen LogP) is 8.35. The monoisotopic (exact) mass is 424 g/mol. The fourth-order valence-corrected chi connectivity index (χ4v) is 5.07. The van der Waals surface area contributed by atoms with Crippen LogP contribution in [0.15, 0.2) is 102 Å². The van der Waals surface area contributed by atoms with Crippen molar-refractivity contribution in [2.45, 2.75) is 6.92 Å². The van der Waals surface area contributed by atoms with E-state index in [1.807, 2.05) is 30.5 Å². The molecule has 0 aliphatic carbocycles. The van der Waals surface area contributed by atoms with E-state index in [1.54, 1.807) is 0 Å². The minimum atomic E-state index is 0.914. The fraction of sp³-hybridized carbons (Fsp3) is 0.0333. The van der Waals surface area contributed by atoms with Crippen molar-refractivity contribution >= 4 is 33.3 Å². The highest BCUT2D eigenvalue weighted by Gasteiger charge is 2.23. The van der Waals surface area contributed by atoms with Crippen molar-refractivity contribution in [3.05, 3.63) is 103 Å². The number of hydrogen-bond donors (Lipinski definition) is 1. The second-order valence-corrected chi connectivity index (χ2v) is 8.54. The van der Waals surface area contributed by atoms with Crippen LogP contribution in [-0.2, 0) is 0 Å². The van der Waals surface area contributed by atoms with Crippen molar-refractivity contribution in [2.24, 2.45) is 0 Å². The number of furan rings is 1. The summed E-state index contributed by atoms with van der Waals surface area (Å²) >= 11 is 0. The first-order chi connectivity index (χ1) is 16.3. The van der Waals surface area contributed by atoms with Crippen LogP contribution in [0, 0.1) is 6.92 Å². The molecule has 3 heteroatoms. The molecule has 1 aliphatic rings. The molecule has 7 rings (SSSR count). The number of benzene rings is 4. The van der Waals surface area contributed by atoms with Crippen LogP contribution in [0.4, 0.5) is 11.4 Å². The molecular formula is C30H20N2O. The summed E-state index contributed by atoms with van der Waals surface area (Å²) in [5.74, 6) is 0. The molecule has 4 aromatic carbocycles. The summed E-state index contributed by atoms with van der Waals surface area (Å²) in [6.45, 7) is 2.21. The third-order valence-corrected chi connectivity index (χ3v) is 6.69. The zero-order chi connectivity index (χ0) is 21.9. The normalized spacial score (nSPS) is 12.0. The summed E-state index contributed by atoms with van der Waals surface area (Å²) in [5.41, 5.74) is 12.0. The molecule has 156 valence electrons. The Bertz CT molecular complexity index is 1700. The van der Waals surface area contributed by atoms with E-state index < -0.39 is 0 Å². The van der Waals surface area contributed by atoms with Crippen LogP contribution < -0.4 is 5.32 Å². The van der Waals surface area contributed by atoms with Gasteiger partial charge >= 0.3 is 0 Å². The van der Waals surface area contributed by atoms with Gasteiger partial charge in [0.15, 0.2) is 0 Å². The SMILES string of the molecule is Cc1c2cccc1-c1c(ccc3c1oc1ccccc13)Nc1ccc(-c3ccccn3)cc1-2. The second-order valence-electron chi connectivity index (χ2n) is 8.54. The van der Waals surface area contributed by atoms with E-state index in [2.05, 4.69) is 84.0 Å². The van der Waals surface area contributed by atoms with Crippen molar-refractivity contribution in [3.63, 3.8) is 0 Å². The molecule has 0 amide bonds. The van der Waals surface area contributed by atoms with Gasteiger partial charge in [0, 0.05) is 39.3 Å². The Hall–Kier alpha value is -4.37. The van der Waals surface area contributed by atoms with Crippen LogP contribution in [0.5, 0.6) is 0 Å². The smallest absolute Gasteiger partial charge is 0.145 e. The average molecular weight is 425 g/mol. The van der Waals surface area contributed by atoms with Crippen LogP contribution in [0.25, 0.3) is 55.4 Å². The largest absolute Gasteiger partial charge is 0.455 e. The number of hydrogen-bond acceptors (Lipinski definition) is 3. The summed E-state index contributed by atoms with van der Waals surface area (Å²) in [6.07, 6.45) is 1.84. The molecule has 6 aromatic rings. The van der Waals surface area contributed by atoms with Gasteiger partial charge in [-0.3, -0.25) is 4.98 Å². The van der Waals surface area contributed by atoms with Crippen molar-refractivity contribution < 1.29 is 4.42 Å². The minimum absolute atomic E-state index is 0.914. The maximum Gasteiger partial charge on any atom is 0.145 e. The summed E-state index contributed by atoms with van der Waals surface area (Å²) in [7, 11) is 0. The molecule has 0 spiro atoms. The van der Waals surface area contributed by atoms with E-state index in [9.17, 15) is 0 Å². The lowest BCUT2D eigenvalue weighted by molar-refractivity contribution is 0.670. The lowest BCUT2D eigenvalue weighted by Gasteiger charge is -2.23. The van der Waals surface area contributed by atoms with Crippen LogP contribution in [0.3, 0.4) is 0 Å². The van der Waals surface area contributed by atoms with Crippen molar-refractivity contribution in [1.29, 1.82) is 0 Å². The number of nitrogens with zero attached hydrogens (tertiary/aromatic N) is 1. The lowest BCUT2D eigenvalue weighted by Crippen LogP contribution is -2.02. The van der Waals surface area contributed by atoms with Gasteiger partial charge in [0.2, 0.25) is 0 Å². The van der Waals surface area contributed by atoms with Gasteiger partial charge in [0.25, 0.3) is 0 Å². The molecule has 0 unspecified atom stereocenters. The summed E-state index contributed by atoms with van der Waals surface area (Å²) in [4.78, 5) is 4.55. The minimum Gasteiger partial charge on any atom is -0.455 e. The molecule has 3 nitrogen and oxygen atoms in total. The zero-order valence-corrected chi connectivity index (χ0v) is 18.1. The zero-order valence-electron chi connectivity index (χ0n) is 18.1. The third-order valence-electron chi connectivity index (χ3n) is 6.69. The summed E-state index contributed by atoms with van der Waals surface area (Å²) in [5, 5.41) is 6.00. The van der Waals surface area contributed by atoms with Gasteiger partial charge in [0.1, 0.15) is 11.2 Å². The van der Waals surface area contributed by atoms with E-state index in [0.717, 1.165) is 50.1 Å². The second kappa shape index (κ2) is 6.81. The Morgan fingerprint density at radius 2 is 1.55 bits per heavy atom. The highest BCUT2D eigenvalue weighted by molar-refractivity contribution is 6.13. The van der Waals surface area contributed by atoms with Gasteiger partial charge in [0.05, 0.1) is 11.4 Å². The summed E-state index contributed by atoms with van der Waals surface area (Å²) < 4.78 is 6.42. The quantitative estimate of drug-likeness (QED) is 0.288. The molecule has 2 aromatic heterocycles. The highest BCUT2D eigenvalue weighted by atomic mass is 16.3. The van der Waals surface area contributed by atoms with Gasteiger partial charge in [-0.1, -0.05) is 48.5 Å².